The minimum absolute atomic E-state index is 0.156. The van der Waals surface area contributed by atoms with E-state index >= 15 is 0 Å². The van der Waals surface area contributed by atoms with Crippen LogP contribution in [0.1, 0.15) is 42.5 Å². The van der Waals surface area contributed by atoms with E-state index < -0.39 is 16.1 Å². The molecule has 7 nitrogen and oxygen atoms in total. The third-order valence-electron chi connectivity index (χ3n) is 4.94. The summed E-state index contributed by atoms with van der Waals surface area (Å²) in [5.74, 6) is 0.120. The summed E-state index contributed by atoms with van der Waals surface area (Å²) < 4.78 is 32.0. The SMILES string of the molecule is CCN(CC)S(=O)(=O)c1ccc(C(=O)NCCC(O)c2cc3ccccc3o2)cc1. The number of fused-ring (bicyclic) bond motifs is 1. The molecule has 1 unspecified atom stereocenters. The number of hydrogen-bond acceptors (Lipinski definition) is 5. The van der Waals surface area contributed by atoms with Crippen molar-refractivity contribution in [3.63, 3.8) is 0 Å². The second kappa shape index (κ2) is 9.42. The van der Waals surface area contributed by atoms with Gasteiger partial charge in [-0.1, -0.05) is 32.0 Å². The number of para-hydroxylation sites is 1. The first kappa shape index (κ1) is 22.0. The van der Waals surface area contributed by atoms with Crippen LogP contribution in [-0.4, -0.2) is 43.4 Å². The Balaban J connectivity index is 1.57. The summed E-state index contributed by atoms with van der Waals surface area (Å²) >= 11 is 0. The highest BCUT2D eigenvalue weighted by Crippen LogP contribution is 2.25. The molecule has 0 aliphatic rings. The van der Waals surface area contributed by atoms with Crippen LogP contribution in [0.2, 0.25) is 0 Å². The Morgan fingerprint density at radius 2 is 1.77 bits per heavy atom. The standard InChI is InChI=1S/C22H26N2O5S/c1-3-24(4-2)30(27,28)18-11-9-16(10-12-18)22(26)23-14-13-19(25)21-15-17-7-5-6-8-20(17)29-21/h5-12,15,19,25H,3-4,13-14H2,1-2H3,(H,23,26). The van der Waals surface area contributed by atoms with Crippen LogP contribution < -0.4 is 5.32 Å². The number of hydrogen-bond donors (Lipinski definition) is 2. The summed E-state index contributed by atoms with van der Waals surface area (Å²) in [7, 11) is -3.56. The minimum Gasteiger partial charge on any atom is -0.458 e. The number of carbonyl (C=O) groups is 1. The molecule has 1 atom stereocenters. The quantitative estimate of drug-likeness (QED) is 0.542. The number of nitrogens with zero attached hydrogens (tertiary/aromatic N) is 1. The first-order valence-electron chi connectivity index (χ1n) is 9.91. The summed E-state index contributed by atoms with van der Waals surface area (Å²) in [5.41, 5.74) is 1.06. The molecule has 2 aromatic carbocycles. The van der Waals surface area contributed by atoms with E-state index in [9.17, 15) is 18.3 Å². The monoisotopic (exact) mass is 430 g/mol. The molecule has 1 heterocycles. The van der Waals surface area contributed by atoms with Crippen LogP contribution in [0, 0.1) is 0 Å². The Morgan fingerprint density at radius 3 is 2.40 bits per heavy atom. The van der Waals surface area contributed by atoms with E-state index in [2.05, 4.69) is 5.32 Å². The molecule has 0 bridgehead atoms. The first-order chi connectivity index (χ1) is 14.4. The lowest BCUT2D eigenvalue weighted by atomic mass is 10.1. The van der Waals surface area contributed by atoms with Crippen molar-refractivity contribution in [3.8, 4) is 0 Å². The normalized spacial score (nSPS) is 12.9. The second-order valence-electron chi connectivity index (χ2n) is 6.86. The average molecular weight is 431 g/mol. The van der Waals surface area contributed by atoms with Crippen LogP contribution in [0.15, 0.2) is 63.9 Å². The van der Waals surface area contributed by atoms with Crippen LogP contribution in [0.25, 0.3) is 11.0 Å². The lowest BCUT2D eigenvalue weighted by Crippen LogP contribution is -2.30. The van der Waals surface area contributed by atoms with E-state index in [-0.39, 0.29) is 17.3 Å². The Morgan fingerprint density at radius 1 is 1.10 bits per heavy atom. The van der Waals surface area contributed by atoms with E-state index in [1.807, 2.05) is 24.3 Å². The lowest BCUT2D eigenvalue weighted by molar-refractivity contribution is 0.0936. The van der Waals surface area contributed by atoms with Crippen molar-refractivity contribution >= 4 is 26.9 Å². The van der Waals surface area contributed by atoms with Crippen molar-refractivity contribution in [1.29, 1.82) is 0 Å². The van der Waals surface area contributed by atoms with Crippen LogP contribution in [0.5, 0.6) is 0 Å². The summed E-state index contributed by atoms with van der Waals surface area (Å²) in [6.07, 6.45) is -0.542. The number of amides is 1. The zero-order valence-corrected chi connectivity index (χ0v) is 17.9. The molecule has 160 valence electrons. The van der Waals surface area contributed by atoms with Gasteiger partial charge in [0, 0.05) is 30.6 Å². The maximum absolute atomic E-state index is 12.5. The molecule has 2 N–H and O–H groups in total. The van der Waals surface area contributed by atoms with Gasteiger partial charge in [-0.2, -0.15) is 4.31 Å². The van der Waals surface area contributed by atoms with Crippen molar-refractivity contribution in [1.82, 2.24) is 9.62 Å². The fraction of sp³-hybridized carbons (Fsp3) is 0.318. The van der Waals surface area contributed by atoms with Crippen molar-refractivity contribution in [2.24, 2.45) is 0 Å². The molecule has 0 aliphatic carbocycles. The van der Waals surface area contributed by atoms with Crippen molar-refractivity contribution in [2.75, 3.05) is 19.6 Å². The van der Waals surface area contributed by atoms with Gasteiger partial charge < -0.3 is 14.8 Å². The van der Waals surface area contributed by atoms with Gasteiger partial charge in [0.25, 0.3) is 5.91 Å². The highest BCUT2D eigenvalue weighted by atomic mass is 32.2. The molecule has 1 aromatic heterocycles. The average Bonchev–Trinajstić information content (AvgIpc) is 3.19. The summed E-state index contributed by atoms with van der Waals surface area (Å²) in [5, 5.41) is 14.0. The highest BCUT2D eigenvalue weighted by molar-refractivity contribution is 7.89. The van der Waals surface area contributed by atoms with Gasteiger partial charge in [-0.3, -0.25) is 4.79 Å². The van der Waals surface area contributed by atoms with Crippen LogP contribution in [0.4, 0.5) is 0 Å². The zero-order chi connectivity index (χ0) is 21.7. The lowest BCUT2D eigenvalue weighted by Gasteiger charge is -2.18. The predicted octanol–water partition coefficient (Wildman–Crippen LogP) is 3.32. The van der Waals surface area contributed by atoms with Gasteiger partial charge in [-0.15, -0.1) is 0 Å². The largest absolute Gasteiger partial charge is 0.458 e. The molecular formula is C22H26N2O5S. The molecule has 3 rings (SSSR count). The summed E-state index contributed by atoms with van der Waals surface area (Å²) in [6.45, 7) is 4.57. The van der Waals surface area contributed by atoms with Gasteiger partial charge in [0.1, 0.15) is 17.4 Å². The molecule has 0 saturated heterocycles. The van der Waals surface area contributed by atoms with E-state index in [4.69, 9.17) is 4.42 Å². The van der Waals surface area contributed by atoms with Gasteiger partial charge in [-0.25, -0.2) is 8.42 Å². The van der Waals surface area contributed by atoms with Crippen molar-refractivity contribution in [2.45, 2.75) is 31.3 Å². The fourth-order valence-electron chi connectivity index (χ4n) is 3.22. The molecule has 0 aliphatic heterocycles. The molecule has 3 aromatic rings. The number of aliphatic hydroxyl groups excluding tert-OH is 1. The number of benzene rings is 2. The Labute approximate surface area is 176 Å². The second-order valence-corrected chi connectivity index (χ2v) is 8.80. The minimum atomic E-state index is -3.56. The van der Waals surface area contributed by atoms with E-state index in [1.54, 1.807) is 19.9 Å². The summed E-state index contributed by atoms with van der Waals surface area (Å²) in [6, 6.07) is 15.1. The fourth-order valence-corrected chi connectivity index (χ4v) is 4.68. The van der Waals surface area contributed by atoms with Crippen LogP contribution in [0.3, 0.4) is 0 Å². The maximum atomic E-state index is 12.5. The predicted molar refractivity (Wildman–Crippen MR) is 115 cm³/mol. The Hall–Kier alpha value is -2.68. The third kappa shape index (κ3) is 4.72. The number of aliphatic hydroxyl groups is 1. The van der Waals surface area contributed by atoms with Gasteiger partial charge in [-0.05, 0) is 42.8 Å². The summed E-state index contributed by atoms with van der Waals surface area (Å²) in [4.78, 5) is 12.5. The molecule has 30 heavy (non-hydrogen) atoms. The van der Waals surface area contributed by atoms with E-state index in [0.717, 1.165) is 5.39 Å². The van der Waals surface area contributed by atoms with Crippen molar-refractivity contribution < 1.29 is 22.7 Å². The van der Waals surface area contributed by atoms with Gasteiger partial charge in [0.15, 0.2) is 0 Å². The third-order valence-corrected chi connectivity index (χ3v) is 7.00. The van der Waals surface area contributed by atoms with Crippen LogP contribution in [-0.2, 0) is 10.0 Å². The van der Waals surface area contributed by atoms with Crippen molar-refractivity contribution in [3.05, 3.63) is 65.9 Å². The number of rotatable bonds is 9. The highest BCUT2D eigenvalue weighted by Gasteiger charge is 2.21. The van der Waals surface area contributed by atoms with Gasteiger partial charge in [0.05, 0.1) is 4.90 Å². The molecule has 0 radical (unpaired) electrons. The first-order valence-corrected chi connectivity index (χ1v) is 11.4. The molecule has 0 spiro atoms. The van der Waals surface area contributed by atoms with Gasteiger partial charge in [0.2, 0.25) is 10.0 Å². The molecular weight excluding hydrogens is 404 g/mol. The van der Waals surface area contributed by atoms with Crippen LogP contribution >= 0.6 is 0 Å². The molecule has 8 heteroatoms. The smallest absolute Gasteiger partial charge is 0.251 e. The molecule has 1 amide bonds. The topological polar surface area (TPSA) is 99.9 Å². The van der Waals surface area contributed by atoms with E-state index in [1.165, 1.54) is 28.6 Å². The number of nitrogens with one attached hydrogen (secondary N) is 1. The Bertz CT molecular complexity index is 1070. The number of furan rings is 1. The van der Waals surface area contributed by atoms with Gasteiger partial charge >= 0.3 is 0 Å². The molecule has 0 fully saturated rings. The number of carbonyl (C=O) groups excluding carboxylic acids is 1. The molecule has 0 saturated carbocycles. The number of sulfonamides is 1. The maximum Gasteiger partial charge on any atom is 0.251 e. The Kier molecular flexibility index (Phi) is 6.91. The zero-order valence-electron chi connectivity index (χ0n) is 17.0. The van der Waals surface area contributed by atoms with E-state index in [0.29, 0.717) is 36.4 Å².